The van der Waals surface area contributed by atoms with Crippen molar-refractivity contribution in [3.05, 3.63) is 36.9 Å². The lowest BCUT2D eigenvalue weighted by molar-refractivity contribution is 0.122. The fraction of sp³-hybridized carbons (Fsp3) is 0.538. The summed E-state index contributed by atoms with van der Waals surface area (Å²) in [6, 6.07) is 4.51. The molecule has 0 spiro atoms. The van der Waals surface area contributed by atoms with Crippen molar-refractivity contribution in [2.24, 2.45) is 0 Å². The van der Waals surface area contributed by atoms with Gasteiger partial charge in [0.2, 0.25) is 5.95 Å². The van der Waals surface area contributed by atoms with Gasteiger partial charge in [0.1, 0.15) is 24.7 Å². The largest absolute Gasteiger partial charge is 0.488 e. The van der Waals surface area contributed by atoms with E-state index in [1.165, 1.54) is 0 Å². The third-order valence-electron chi connectivity index (χ3n) is 6.77. The van der Waals surface area contributed by atoms with Gasteiger partial charge in [-0.15, -0.1) is 0 Å². The second-order valence-electron chi connectivity index (χ2n) is 9.34. The molecule has 0 unspecified atom stereocenters. The van der Waals surface area contributed by atoms with Gasteiger partial charge in [-0.1, -0.05) is 0 Å². The van der Waals surface area contributed by atoms with Crippen molar-refractivity contribution in [2.75, 3.05) is 69.1 Å². The van der Waals surface area contributed by atoms with Crippen LogP contribution in [0.3, 0.4) is 0 Å². The molecule has 3 heterocycles. The van der Waals surface area contributed by atoms with Gasteiger partial charge in [-0.3, -0.25) is 4.98 Å². The second-order valence-corrected chi connectivity index (χ2v) is 9.34. The lowest BCUT2D eigenvalue weighted by Gasteiger charge is -2.31. The predicted molar refractivity (Wildman–Crippen MR) is 141 cm³/mol. The minimum Gasteiger partial charge on any atom is -0.488 e. The molecule has 3 aromatic rings. The first-order valence-corrected chi connectivity index (χ1v) is 12.8. The van der Waals surface area contributed by atoms with Crippen LogP contribution in [0.4, 0.5) is 17.3 Å². The molecule has 1 aliphatic carbocycles. The number of rotatable bonds is 10. The monoisotopic (exact) mass is 509 g/mol. The molecular formula is C26H35N7O4. The summed E-state index contributed by atoms with van der Waals surface area (Å²) in [5.74, 6) is 1.43. The summed E-state index contributed by atoms with van der Waals surface area (Å²) in [6.07, 6.45) is 11.0. The van der Waals surface area contributed by atoms with Gasteiger partial charge in [-0.25, -0.2) is 15.0 Å². The molecule has 1 aliphatic heterocycles. The molecule has 1 N–H and O–H groups in total. The minimum atomic E-state index is 0.128. The topological polar surface area (TPSA) is 107 Å². The number of ether oxygens (including phenoxy) is 4. The molecule has 2 aromatic heterocycles. The zero-order chi connectivity index (χ0) is 25.5. The van der Waals surface area contributed by atoms with Crippen LogP contribution in [-0.2, 0) is 14.2 Å². The summed E-state index contributed by atoms with van der Waals surface area (Å²) in [5.41, 5.74) is 3.62. The number of nitrogens with zero attached hydrogens (tertiary/aromatic N) is 6. The first kappa shape index (κ1) is 25.4. The maximum Gasteiger partial charge on any atom is 0.222 e. The number of benzene rings is 1. The molecule has 5 rings (SSSR count). The van der Waals surface area contributed by atoms with Crippen molar-refractivity contribution in [3.8, 4) is 5.75 Å². The van der Waals surface area contributed by atoms with Gasteiger partial charge < -0.3 is 34.1 Å². The van der Waals surface area contributed by atoms with Crippen LogP contribution in [0, 0.1) is 0 Å². The smallest absolute Gasteiger partial charge is 0.222 e. The third kappa shape index (κ3) is 6.35. The van der Waals surface area contributed by atoms with E-state index in [-0.39, 0.29) is 6.10 Å². The molecule has 0 radical (unpaired) electrons. The molecule has 11 heteroatoms. The van der Waals surface area contributed by atoms with Gasteiger partial charge in [-0.2, -0.15) is 0 Å². The van der Waals surface area contributed by atoms with Gasteiger partial charge in [0.05, 0.1) is 42.9 Å². The van der Waals surface area contributed by atoms with E-state index < -0.39 is 0 Å². The highest BCUT2D eigenvalue weighted by Crippen LogP contribution is 2.33. The maximum absolute atomic E-state index is 6.54. The number of morpholine rings is 1. The fourth-order valence-electron chi connectivity index (χ4n) is 4.87. The van der Waals surface area contributed by atoms with Crippen LogP contribution in [-0.4, -0.2) is 86.1 Å². The highest BCUT2D eigenvalue weighted by Gasteiger charge is 2.25. The van der Waals surface area contributed by atoms with Crippen LogP contribution in [0.25, 0.3) is 11.0 Å². The number of hydrogen-bond acceptors (Lipinski definition) is 11. The molecule has 0 amide bonds. The first-order valence-electron chi connectivity index (χ1n) is 12.8. The molecule has 37 heavy (non-hydrogen) atoms. The highest BCUT2D eigenvalue weighted by molar-refractivity contribution is 5.85. The van der Waals surface area contributed by atoms with Crippen LogP contribution in [0.1, 0.15) is 25.7 Å². The SMILES string of the molecule is COCN(COC)c1cnc(NC2CCC(Oc3cc(N4CCOCC4)cc4nccnc34)CC2)nc1. The second kappa shape index (κ2) is 12.3. The average Bonchev–Trinajstić information content (AvgIpc) is 2.95. The molecular weight excluding hydrogens is 474 g/mol. The third-order valence-corrected chi connectivity index (χ3v) is 6.77. The van der Waals surface area contributed by atoms with Gasteiger partial charge in [0.25, 0.3) is 0 Å². The zero-order valence-corrected chi connectivity index (χ0v) is 21.5. The van der Waals surface area contributed by atoms with E-state index in [1.807, 2.05) is 4.90 Å². The Morgan fingerprint density at radius 3 is 2.35 bits per heavy atom. The van der Waals surface area contributed by atoms with E-state index >= 15 is 0 Å². The van der Waals surface area contributed by atoms with Crippen molar-refractivity contribution in [2.45, 2.75) is 37.8 Å². The molecule has 1 saturated heterocycles. The predicted octanol–water partition coefficient (Wildman–Crippen LogP) is 3.07. The highest BCUT2D eigenvalue weighted by atomic mass is 16.5. The van der Waals surface area contributed by atoms with Crippen LogP contribution < -0.4 is 19.9 Å². The standard InChI is InChI=1S/C26H35N7O4/c1-34-17-33(18-35-2)21-15-29-26(30-16-21)31-19-3-5-22(6-4-19)37-24-14-20(32-9-11-36-12-10-32)13-23-25(24)28-8-7-27-23/h7-8,13-16,19,22H,3-6,9-12,17-18H2,1-2H3,(H,29,30,31). The molecule has 2 fully saturated rings. The Balaban J connectivity index is 1.19. The summed E-state index contributed by atoms with van der Waals surface area (Å²) < 4.78 is 22.5. The Labute approximate surface area is 217 Å². The molecule has 198 valence electrons. The molecule has 0 bridgehead atoms. The Kier molecular flexibility index (Phi) is 8.44. The molecule has 1 aromatic carbocycles. The first-order chi connectivity index (χ1) is 18.2. The Hall–Kier alpha value is -3.28. The van der Waals surface area contributed by atoms with Crippen LogP contribution >= 0.6 is 0 Å². The molecule has 0 atom stereocenters. The number of anilines is 3. The van der Waals surface area contributed by atoms with Crippen LogP contribution in [0.2, 0.25) is 0 Å². The quantitative estimate of drug-likeness (QED) is 0.408. The van der Waals surface area contributed by atoms with E-state index in [4.69, 9.17) is 18.9 Å². The van der Waals surface area contributed by atoms with Crippen molar-refractivity contribution in [1.82, 2.24) is 19.9 Å². The zero-order valence-electron chi connectivity index (χ0n) is 21.5. The fourth-order valence-corrected chi connectivity index (χ4v) is 4.87. The summed E-state index contributed by atoms with van der Waals surface area (Å²) in [5, 5.41) is 3.48. The number of hydrogen-bond donors (Lipinski definition) is 1. The van der Waals surface area contributed by atoms with Crippen molar-refractivity contribution in [1.29, 1.82) is 0 Å². The summed E-state index contributed by atoms with van der Waals surface area (Å²) in [6.45, 7) is 4.01. The van der Waals surface area contributed by atoms with E-state index in [0.29, 0.717) is 25.5 Å². The van der Waals surface area contributed by atoms with Crippen molar-refractivity contribution < 1.29 is 18.9 Å². The van der Waals surface area contributed by atoms with Gasteiger partial charge >= 0.3 is 0 Å². The van der Waals surface area contributed by atoms with Crippen LogP contribution in [0.15, 0.2) is 36.9 Å². The Bertz CT molecular complexity index is 1130. The molecule has 11 nitrogen and oxygen atoms in total. The van der Waals surface area contributed by atoms with E-state index in [9.17, 15) is 0 Å². The lowest BCUT2D eigenvalue weighted by atomic mass is 9.93. The number of nitrogens with one attached hydrogen (secondary N) is 1. The van der Waals surface area contributed by atoms with E-state index in [2.05, 4.69) is 42.3 Å². The van der Waals surface area contributed by atoms with Crippen molar-refractivity contribution >= 4 is 28.4 Å². The maximum atomic E-state index is 6.54. The van der Waals surface area contributed by atoms with Gasteiger partial charge in [-0.05, 0) is 31.7 Å². The van der Waals surface area contributed by atoms with Crippen LogP contribution in [0.5, 0.6) is 5.75 Å². The van der Waals surface area contributed by atoms with Crippen molar-refractivity contribution in [3.63, 3.8) is 0 Å². The van der Waals surface area contributed by atoms with Gasteiger partial charge in [0, 0.05) is 57.5 Å². The lowest BCUT2D eigenvalue weighted by Crippen LogP contribution is -2.36. The minimum absolute atomic E-state index is 0.128. The van der Waals surface area contributed by atoms with Gasteiger partial charge in [0.15, 0.2) is 0 Å². The normalized spacial score (nSPS) is 20.1. The Morgan fingerprint density at radius 2 is 1.65 bits per heavy atom. The summed E-state index contributed by atoms with van der Waals surface area (Å²) in [7, 11) is 3.30. The molecule has 2 aliphatic rings. The van der Waals surface area contributed by atoms with E-state index in [0.717, 1.165) is 80.1 Å². The number of aromatic nitrogens is 4. The number of methoxy groups -OCH3 is 2. The Morgan fingerprint density at radius 1 is 0.946 bits per heavy atom. The molecule has 1 saturated carbocycles. The number of fused-ring (bicyclic) bond motifs is 1. The average molecular weight is 510 g/mol. The van der Waals surface area contributed by atoms with E-state index in [1.54, 1.807) is 39.0 Å². The summed E-state index contributed by atoms with van der Waals surface area (Å²) >= 11 is 0. The summed E-state index contributed by atoms with van der Waals surface area (Å²) in [4.78, 5) is 22.3.